The van der Waals surface area contributed by atoms with Gasteiger partial charge in [0.2, 0.25) is 0 Å². The van der Waals surface area contributed by atoms with E-state index in [0.717, 1.165) is 11.3 Å². The number of hydrogen-bond donors (Lipinski definition) is 1. The average Bonchev–Trinajstić information content (AvgIpc) is 2.70. The van der Waals surface area contributed by atoms with Gasteiger partial charge in [0.25, 0.3) is 5.91 Å². The van der Waals surface area contributed by atoms with Crippen molar-refractivity contribution in [2.45, 2.75) is 6.92 Å². The Labute approximate surface area is 152 Å². The first-order valence-electron chi connectivity index (χ1n) is 7.89. The zero-order chi connectivity index (χ0) is 18.9. The standard InChI is InChI=1S/C19H22N2O5/c1-13(14-5-10-17(24-3)18(11-14)25-4)20-21-19(22)12-26-16-8-6-15(23-2)7-9-16/h5-11H,12H2,1-4H3,(H,21,22)/b20-13+. The molecule has 0 spiro atoms. The maximum Gasteiger partial charge on any atom is 0.277 e. The second-order valence-corrected chi connectivity index (χ2v) is 5.27. The highest BCUT2D eigenvalue weighted by Gasteiger charge is 2.07. The molecular weight excluding hydrogens is 336 g/mol. The predicted octanol–water partition coefficient (Wildman–Crippen LogP) is 2.63. The SMILES string of the molecule is COc1ccc(OCC(=O)N/N=C(\C)c2ccc(OC)c(OC)c2)cc1. The Kier molecular flexibility index (Phi) is 6.84. The highest BCUT2D eigenvalue weighted by atomic mass is 16.5. The molecule has 2 aromatic rings. The molecule has 0 aliphatic carbocycles. The molecule has 0 fully saturated rings. The Morgan fingerprint density at radius 2 is 1.58 bits per heavy atom. The van der Waals surface area contributed by atoms with Crippen molar-refractivity contribution in [3.05, 3.63) is 48.0 Å². The van der Waals surface area contributed by atoms with Crippen molar-refractivity contribution in [1.82, 2.24) is 5.43 Å². The lowest BCUT2D eigenvalue weighted by molar-refractivity contribution is -0.123. The van der Waals surface area contributed by atoms with Crippen LogP contribution in [-0.4, -0.2) is 39.6 Å². The summed E-state index contributed by atoms with van der Waals surface area (Å²) in [5, 5.41) is 4.09. The van der Waals surface area contributed by atoms with Crippen LogP contribution < -0.4 is 24.4 Å². The Morgan fingerprint density at radius 1 is 0.923 bits per heavy atom. The van der Waals surface area contributed by atoms with Crippen LogP contribution in [0.2, 0.25) is 0 Å². The quantitative estimate of drug-likeness (QED) is 0.580. The maximum atomic E-state index is 11.9. The largest absolute Gasteiger partial charge is 0.497 e. The number of amides is 1. The van der Waals surface area contributed by atoms with Gasteiger partial charge in [0.05, 0.1) is 27.0 Å². The molecule has 0 aromatic heterocycles. The molecule has 0 saturated heterocycles. The maximum absolute atomic E-state index is 11.9. The topological polar surface area (TPSA) is 78.4 Å². The molecule has 0 aliphatic rings. The van der Waals surface area contributed by atoms with E-state index in [2.05, 4.69) is 10.5 Å². The molecule has 2 aromatic carbocycles. The average molecular weight is 358 g/mol. The number of nitrogens with one attached hydrogen (secondary N) is 1. The fourth-order valence-corrected chi connectivity index (χ4v) is 2.13. The van der Waals surface area contributed by atoms with E-state index in [0.29, 0.717) is 23.0 Å². The van der Waals surface area contributed by atoms with Gasteiger partial charge in [-0.3, -0.25) is 4.79 Å². The number of methoxy groups -OCH3 is 3. The summed E-state index contributed by atoms with van der Waals surface area (Å²) in [7, 11) is 4.72. The van der Waals surface area contributed by atoms with Gasteiger partial charge >= 0.3 is 0 Å². The molecule has 0 aliphatic heterocycles. The van der Waals surface area contributed by atoms with Gasteiger partial charge in [0.15, 0.2) is 18.1 Å². The van der Waals surface area contributed by atoms with Crippen molar-refractivity contribution in [1.29, 1.82) is 0 Å². The lowest BCUT2D eigenvalue weighted by atomic mass is 10.1. The van der Waals surface area contributed by atoms with E-state index in [4.69, 9.17) is 18.9 Å². The zero-order valence-corrected chi connectivity index (χ0v) is 15.2. The van der Waals surface area contributed by atoms with Gasteiger partial charge < -0.3 is 18.9 Å². The number of hydrazone groups is 1. The Hall–Kier alpha value is -3.22. The summed E-state index contributed by atoms with van der Waals surface area (Å²) in [6.07, 6.45) is 0. The summed E-state index contributed by atoms with van der Waals surface area (Å²) in [6.45, 7) is 1.64. The van der Waals surface area contributed by atoms with Gasteiger partial charge in [0.1, 0.15) is 11.5 Å². The van der Waals surface area contributed by atoms with Gasteiger partial charge in [-0.25, -0.2) is 5.43 Å². The highest BCUT2D eigenvalue weighted by molar-refractivity contribution is 5.99. The molecule has 0 heterocycles. The van der Waals surface area contributed by atoms with Crippen LogP contribution in [0.3, 0.4) is 0 Å². The first-order valence-corrected chi connectivity index (χ1v) is 7.89. The van der Waals surface area contributed by atoms with Gasteiger partial charge in [-0.1, -0.05) is 0 Å². The first-order chi connectivity index (χ1) is 12.6. The lowest BCUT2D eigenvalue weighted by Gasteiger charge is -2.10. The third kappa shape index (κ3) is 5.14. The Bertz CT molecular complexity index is 772. The van der Waals surface area contributed by atoms with Crippen LogP contribution in [-0.2, 0) is 4.79 Å². The van der Waals surface area contributed by atoms with Crippen molar-refractivity contribution in [2.24, 2.45) is 5.10 Å². The summed E-state index contributed by atoms with van der Waals surface area (Å²) in [5.41, 5.74) is 3.90. The van der Waals surface area contributed by atoms with Crippen molar-refractivity contribution in [2.75, 3.05) is 27.9 Å². The smallest absolute Gasteiger partial charge is 0.277 e. The number of carbonyl (C=O) groups excluding carboxylic acids is 1. The van der Waals surface area contributed by atoms with Gasteiger partial charge in [0, 0.05) is 5.56 Å². The highest BCUT2D eigenvalue weighted by Crippen LogP contribution is 2.27. The van der Waals surface area contributed by atoms with Crippen LogP contribution >= 0.6 is 0 Å². The molecule has 26 heavy (non-hydrogen) atoms. The summed E-state index contributed by atoms with van der Waals surface area (Å²) in [4.78, 5) is 11.9. The third-order valence-electron chi connectivity index (χ3n) is 3.58. The molecule has 0 saturated carbocycles. The van der Waals surface area contributed by atoms with E-state index in [1.165, 1.54) is 0 Å². The van der Waals surface area contributed by atoms with Gasteiger partial charge in [-0.2, -0.15) is 5.10 Å². The number of nitrogens with zero attached hydrogens (tertiary/aromatic N) is 1. The molecule has 0 unspecified atom stereocenters. The first kappa shape index (κ1) is 19.1. The molecule has 1 amide bonds. The number of benzene rings is 2. The van der Waals surface area contributed by atoms with Gasteiger partial charge in [-0.15, -0.1) is 0 Å². The fourth-order valence-electron chi connectivity index (χ4n) is 2.13. The number of rotatable bonds is 8. The summed E-state index contributed by atoms with van der Waals surface area (Å²) < 4.78 is 20.9. The van der Waals surface area contributed by atoms with Crippen molar-refractivity contribution < 1.29 is 23.7 Å². The van der Waals surface area contributed by atoms with Crippen LogP contribution in [0.15, 0.2) is 47.6 Å². The van der Waals surface area contributed by atoms with E-state index in [-0.39, 0.29) is 12.5 Å². The van der Waals surface area contributed by atoms with Crippen LogP contribution in [0.4, 0.5) is 0 Å². The number of hydrogen-bond acceptors (Lipinski definition) is 6. The van der Waals surface area contributed by atoms with E-state index >= 15 is 0 Å². The van der Waals surface area contributed by atoms with Crippen molar-refractivity contribution in [3.8, 4) is 23.0 Å². The summed E-state index contributed by atoms with van der Waals surface area (Å²) in [6, 6.07) is 12.4. The molecule has 1 N–H and O–H groups in total. The fraction of sp³-hybridized carbons (Fsp3) is 0.263. The zero-order valence-electron chi connectivity index (χ0n) is 15.2. The van der Waals surface area contributed by atoms with E-state index in [1.807, 2.05) is 6.07 Å². The Morgan fingerprint density at radius 3 is 2.19 bits per heavy atom. The molecule has 7 heteroatoms. The van der Waals surface area contributed by atoms with Gasteiger partial charge in [-0.05, 0) is 49.4 Å². The van der Waals surface area contributed by atoms with E-state index < -0.39 is 0 Å². The minimum atomic E-state index is -0.361. The molecular formula is C19H22N2O5. The van der Waals surface area contributed by atoms with Crippen LogP contribution in [0.25, 0.3) is 0 Å². The van der Waals surface area contributed by atoms with Crippen molar-refractivity contribution in [3.63, 3.8) is 0 Å². The van der Waals surface area contributed by atoms with E-state index in [1.54, 1.807) is 64.7 Å². The van der Waals surface area contributed by atoms with E-state index in [9.17, 15) is 4.79 Å². The predicted molar refractivity (Wildman–Crippen MR) is 98.4 cm³/mol. The monoisotopic (exact) mass is 358 g/mol. The molecule has 7 nitrogen and oxygen atoms in total. The summed E-state index contributed by atoms with van der Waals surface area (Å²) in [5.74, 6) is 2.15. The lowest BCUT2D eigenvalue weighted by Crippen LogP contribution is -2.25. The molecule has 0 atom stereocenters. The summed E-state index contributed by atoms with van der Waals surface area (Å²) >= 11 is 0. The normalized spacial score (nSPS) is 10.8. The molecule has 2 rings (SSSR count). The molecule has 138 valence electrons. The Balaban J connectivity index is 1.92. The second kappa shape index (κ2) is 9.31. The van der Waals surface area contributed by atoms with Crippen LogP contribution in [0.1, 0.15) is 12.5 Å². The second-order valence-electron chi connectivity index (χ2n) is 5.27. The number of carbonyl (C=O) groups is 1. The number of ether oxygens (including phenoxy) is 4. The van der Waals surface area contributed by atoms with Crippen LogP contribution in [0, 0.1) is 0 Å². The minimum Gasteiger partial charge on any atom is -0.497 e. The molecule has 0 bridgehead atoms. The van der Waals surface area contributed by atoms with Crippen LogP contribution in [0.5, 0.6) is 23.0 Å². The van der Waals surface area contributed by atoms with Crippen molar-refractivity contribution >= 4 is 11.6 Å². The minimum absolute atomic E-state index is 0.144. The third-order valence-corrected chi connectivity index (χ3v) is 3.58. The molecule has 0 radical (unpaired) electrons.